The van der Waals surface area contributed by atoms with E-state index in [1.165, 1.54) is 14.2 Å². The third kappa shape index (κ3) is 3.28. The second kappa shape index (κ2) is 7.67. The van der Waals surface area contributed by atoms with Crippen LogP contribution in [0.2, 0.25) is 0 Å². The van der Waals surface area contributed by atoms with Crippen LogP contribution in [0.1, 0.15) is 29.7 Å². The maximum atomic E-state index is 12.8. The van der Waals surface area contributed by atoms with Crippen molar-refractivity contribution in [3.8, 4) is 17.2 Å². The fraction of sp³-hybridized carbons (Fsp3) is 0.300. The molecule has 0 amide bonds. The van der Waals surface area contributed by atoms with E-state index >= 15 is 0 Å². The number of H-pyrrole nitrogens is 1. The smallest absolute Gasteiger partial charge is 0.340 e. The van der Waals surface area contributed by atoms with E-state index < -0.39 is 11.9 Å². The van der Waals surface area contributed by atoms with Gasteiger partial charge in [-0.05, 0) is 19.9 Å². The Balaban J connectivity index is 2.31. The summed E-state index contributed by atoms with van der Waals surface area (Å²) in [5, 5.41) is 0. The van der Waals surface area contributed by atoms with Crippen LogP contribution in [0.4, 0.5) is 0 Å². The predicted molar refractivity (Wildman–Crippen MR) is 102 cm³/mol. The number of nitrogens with two attached hydrogens (primary N) is 1. The van der Waals surface area contributed by atoms with Crippen LogP contribution in [-0.4, -0.2) is 31.8 Å². The Morgan fingerprint density at radius 1 is 1.25 bits per heavy atom. The van der Waals surface area contributed by atoms with E-state index in [0.717, 1.165) is 0 Å². The number of hydrogen-bond acceptors (Lipinski definition) is 7. The maximum Gasteiger partial charge on any atom is 0.340 e. The molecule has 0 spiro atoms. The zero-order chi connectivity index (χ0) is 20.4. The summed E-state index contributed by atoms with van der Waals surface area (Å²) in [5.74, 6) is -0.304. The highest BCUT2D eigenvalue weighted by molar-refractivity contribution is 5.93. The number of benzene rings is 1. The number of rotatable bonds is 5. The maximum absolute atomic E-state index is 12.8. The highest BCUT2D eigenvalue weighted by atomic mass is 16.5. The highest BCUT2D eigenvalue weighted by Gasteiger charge is 2.39. The summed E-state index contributed by atoms with van der Waals surface area (Å²) in [4.78, 5) is 28.2. The van der Waals surface area contributed by atoms with Gasteiger partial charge in [-0.2, -0.15) is 0 Å². The molecule has 0 saturated heterocycles. The summed E-state index contributed by atoms with van der Waals surface area (Å²) in [7, 11) is 3.03. The minimum atomic E-state index is -0.826. The van der Waals surface area contributed by atoms with Gasteiger partial charge in [0.2, 0.25) is 5.88 Å². The summed E-state index contributed by atoms with van der Waals surface area (Å²) in [6.45, 7) is 3.57. The fourth-order valence-electron chi connectivity index (χ4n) is 3.28. The van der Waals surface area contributed by atoms with Crippen LogP contribution in [0.15, 0.2) is 40.5 Å². The lowest BCUT2D eigenvalue weighted by Crippen LogP contribution is -2.32. The molecular formula is C20H22N2O6. The van der Waals surface area contributed by atoms with Gasteiger partial charge in [-0.1, -0.05) is 6.07 Å². The highest BCUT2D eigenvalue weighted by Crippen LogP contribution is 2.44. The van der Waals surface area contributed by atoms with E-state index in [9.17, 15) is 9.59 Å². The van der Waals surface area contributed by atoms with Crippen LogP contribution in [-0.2, 0) is 9.53 Å². The molecule has 28 heavy (non-hydrogen) atoms. The van der Waals surface area contributed by atoms with E-state index in [4.69, 9.17) is 24.7 Å². The topological polar surface area (TPSA) is 113 Å². The van der Waals surface area contributed by atoms with E-state index in [2.05, 4.69) is 4.98 Å². The van der Waals surface area contributed by atoms with Gasteiger partial charge in [0.05, 0.1) is 32.3 Å². The zero-order valence-corrected chi connectivity index (χ0v) is 16.1. The summed E-state index contributed by atoms with van der Waals surface area (Å²) >= 11 is 0. The molecule has 1 aliphatic rings. The molecule has 0 aliphatic carbocycles. The molecule has 1 atom stereocenters. The lowest BCUT2D eigenvalue weighted by atomic mass is 9.83. The molecule has 1 aromatic carbocycles. The van der Waals surface area contributed by atoms with E-state index in [0.29, 0.717) is 22.8 Å². The number of nitrogens with one attached hydrogen (secondary N) is 1. The molecule has 0 bridgehead atoms. The second-order valence-electron chi connectivity index (χ2n) is 6.20. The fourth-order valence-corrected chi connectivity index (χ4v) is 3.28. The molecule has 8 nitrogen and oxygen atoms in total. The molecule has 0 radical (unpaired) electrons. The first kappa shape index (κ1) is 19.3. The number of carbonyl (C=O) groups excluding carboxylic acids is 1. The number of hydrogen-bond donors (Lipinski definition) is 2. The van der Waals surface area contributed by atoms with Gasteiger partial charge in [0.15, 0.2) is 0 Å². The second-order valence-corrected chi connectivity index (χ2v) is 6.20. The van der Waals surface area contributed by atoms with Crippen molar-refractivity contribution in [2.75, 3.05) is 20.8 Å². The molecule has 8 heteroatoms. The molecule has 0 saturated carbocycles. The first-order chi connectivity index (χ1) is 13.4. The van der Waals surface area contributed by atoms with Crippen molar-refractivity contribution in [2.45, 2.75) is 19.8 Å². The lowest BCUT2D eigenvalue weighted by molar-refractivity contribution is -0.139. The van der Waals surface area contributed by atoms with Crippen LogP contribution < -0.4 is 25.5 Å². The lowest BCUT2D eigenvalue weighted by Gasteiger charge is -2.28. The summed E-state index contributed by atoms with van der Waals surface area (Å²) in [6, 6.07) is 6.78. The zero-order valence-electron chi connectivity index (χ0n) is 16.1. The van der Waals surface area contributed by atoms with Crippen molar-refractivity contribution in [3.63, 3.8) is 0 Å². The summed E-state index contributed by atoms with van der Waals surface area (Å²) < 4.78 is 21.5. The van der Waals surface area contributed by atoms with E-state index in [-0.39, 0.29) is 34.9 Å². The molecule has 2 heterocycles. The van der Waals surface area contributed by atoms with Gasteiger partial charge in [0, 0.05) is 23.4 Å². The van der Waals surface area contributed by atoms with Gasteiger partial charge in [-0.3, -0.25) is 4.79 Å². The minimum Gasteiger partial charge on any atom is -0.497 e. The molecule has 3 rings (SSSR count). The van der Waals surface area contributed by atoms with Gasteiger partial charge in [-0.15, -0.1) is 0 Å². The number of ether oxygens (including phenoxy) is 4. The standard InChI is InChI=1S/C20H22N2O6/c1-5-27-20(24)17-15(12-7-6-11(25-3)9-13(12)26-4)16-14(28-18(17)21)8-10(2)22-19(16)23/h6-9,15H,5,21H2,1-4H3,(H,22,23). The molecular weight excluding hydrogens is 364 g/mol. The van der Waals surface area contributed by atoms with Crippen molar-refractivity contribution in [1.29, 1.82) is 0 Å². The van der Waals surface area contributed by atoms with Crippen LogP contribution in [0.25, 0.3) is 0 Å². The largest absolute Gasteiger partial charge is 0.497 e. The van der Waals surface area contributed by atoms with Gasteiger partial charge < -0.3 is 29.7 Å². The van der Waals surface area contributed by atoms with Gasteiger partial charge in [0.1, 0.15) is 22.8 Å². The number of esters is 1. The molecule has 1 unspecified atom stereocenters. The number of carbonyl (C=O) groups is 1. The normalized spacial score (nSPS) is 15.5. The third-order valence-corrected chi connectivity index (χ3v) is 4.48. The average molecular weight is 386 g/mol. The Labute approximate surface area is 161 Å². The first-order valence-corrected chi connectivity index (χ1v) is 8.71. The van der Waals surface area contributed by atoms with E-state index in [1.807, 2.05) is 0 Å². The summed E-state index contributed by atoms with van der Waals surface area (Å²) in [5.41, 5.74) is 7.17. The number of methoxy groups -OCH3 is 2. The SMILES string of the molecule is CCOC(=O)C1=C(N)Oc2cc(C)[nH]c(=O)c2C1c1ccc(OC)cc1OC. The Bertz CT molecular complexity index is 1010. The van der Waals surface area contributed by atoms with Crippen molar-refractivity contribution in [1.82, 2.24) is 4.98 Å². The number of aromatic amines is 1. The monoisotopic (exact) mass is 386 g/mol. The van der Waals surface area contributed by atoms with Crippen molar-refractivity contribution < 1.29 is 23.7 Å². The molecule has 2 aromatic rings. The molecule has 1 aromatic heterocycles. The van der Waals surface area contributed by atoms with Gasteiger partial charge in [-0.25, -0.2) is 4.79 Å². The molecule has 0 fully saturated rings. The molecule has 1 aliphatic heterocycles. The first-order valence-electron chi connectivity index (χ1n) is 8.71. The van der Waals surface area contributed by atoms with Crippen LogP contribution in [0.3, 0.4) is 0 Å². The van der Waals surface area contributed by atoms with Crippen molar-refractivity contribution in [2.24, 2.45) is 5.73 Å². The van der Waals surface area contributed by atoms with Gasteiger partial charge in [0.25, 0.3) is 5.56 Å². The molecule has 3 N–H and O–H groups in total. The predicted octanol–water partition coefficient (Wildman–Crippen LogP) is 1.96. The van der Waals surface area contributed by atoms with Crippen LogP contribution >= 0.6 is 0 Å². The minimum absolute atomic E-state index is 0.0483. The Hall–Kier alpha value is -3.42. The Morgan fingerprint density at radius 2 is 2.00 bits per heavy atom. The van der Waals surface area contributed by atoms with Crippen LogP contribution in [0.5, 0.6) is 17.2 Å². The van der Waals surface area contributed by atoms with E-state index in [1.54, 1.807) is 38.1 Å². The number of aromatic nitrogens is 1. The summed E-state index contributed by atoms with van der Waals surface area (Å²) in [6.07, 6.45) is 0. The Kier molecular flexibility index (Phi) is 5.30. The Morgan fingerprint density at radius 3 is 2.64 bits per heavy atom. The number of pyridine rings is 1. The average Bonchev–Trinajstić information content (AvgIpc) is 2.66. The quantitative estimate of drug-likeness (QED) is 0.755. The number of fused-ring (bicyclic) bond motifs is 1. The van der Waals surface area contributed by atoms with Crippen LogP contribution in [0, 0.1) is 6.92 Å². The third-order valence-electron chi connectivity index (χ3n) is 4.48. The van der Waals surface area contributed by atoms with Crippen molar-refractivity contribution >= 4 is 5.97 Å². The molecule has 148 valence electrons. The number of aryl methyl sites for hydroxylation is 1. The van der Waals surface area contributed by atoms with Crippen molar-refractivity contribution in [3.05, 3.63) is 62.9 Å². The van der Waals surface area contributed by atoms with Gasteiger partial charge >= 0.3 is 5.97 Å².